The summed E-state index contributed by atoms with van der Waals surface area (Å²) in [7, 11) is 0. The van der Waals surface area contributed by atoms with Crippen molar-refractivity contribution >= 4 is 23.7 Å². The third-order valence-corrected chi connectivity index (χ3v) is 5.60. The Labute approximate surface area is 194 Å². The number of nitrogens with one attached hydrogen (secondary N) is 2. The molecule has 0 saturated heterocycles. The van der Waals surface area contributed by atoms with Gasteiger partial charge < -0.3 is 20.3 Å². The quantitative estimate of drug-likeness (QED) is 0.425. The first-order valence-electron chi connectivity index (χ1n) is 10.4. The second kappa shape index (κ2) is 9.72. The van der Waals surface area contributed by atoms with Gasteiger partial charge in [0, 0.05) is 11.5 Å². The second-order valence-electron chi connectivity index (χ2n) is 7.69. The van der Waals surface area contributed by atoms with Gasteiger partial charge in [-0.1, -0.05) is 48.5 Å². The number of rotatable bonds is 7. The molecule has 0 spiro atoms. The molecule has 0 bridgehead atoms. The van der Waals surface area contributed by atoms with Crippen molar-refractivity contribution in [2.75, 3.05) is 18.5 Å². The Kier molecular flexibility index (Phi) is 6.55. The molecule has 0 aromatic heterocycles. The summed E-state index contributed by atoms with van der Waals surface area (Å²) >= 11 is 0. The van der Waals surface area contributed by atoms with Crippen LogP contribution in [0.3, 0.4) is 0 Å². The van der Waals surface area contributed by atoms with Gasteiger partial charge in [-0.25, -0.2) is 14.0 Å². The van der Waals surface area contributed by atoms with Gasteiger partial charge in [-0.05, 0) is 40.5 Å². The number of hydrogen-bond donors (Lipinski definition) is 4. The van der Waals surface area contributed by atoms with Crippen molar-refractivity contribution in [2.24, 2.45) is 0 Å². The summed E-state index contributed by atoms with van der Waals surface area (Å²) in [6.07, 6.45) is -0.857. The maximum absolute atomic E-state index is 14.5. The Hall–Kier alpha value is -4.24. The molecule has 3 aromatic rings. The Morgan fingerprint density at radius 3 is 2.15 bits per heavy atom. The fourth-order valence-electron chi connectivity index (χ4n) is 3.93. The molecule has 0 saturated carbocycles. The molecule has 4 rings (SSSR count). The van der Waals surface area contributed by atoms with Crippen LogP contribution in [0.25, 0.3) is 11.1 Å². The highest BCUT2D eigenvalue weighted by Gasteiger charge is 2.29. The topological polar surface area (TPSA) is 125 Å². The number of aliphatic hydroxyl groups is 1. The number of ether oxygens (including phenoxy) is 1. The summed E-state index contributed by atoms with van der Waals surface area (Å²) < 4.78 is 19.8. The number of fused-ring (bicyclic) bond motifs is 3. The number of hydrogen-bond acceptors (Lipinski definition) is 5. The minimum atomic E-state index is -1.52. The van der Waals surface area contributed by atoms with E-state index in [2.05, 4.69) is 10.6 Å². The summed E-state index contributed by atoms with van der Waals surface area (Å²) in [6, 6.07) is 17.4. The molecule has 174 valence electrons. The van der Waals surface area contributed by atoms with Gasteiger partial charge in [0.15, 0.2) is 6.04 Å². The molecule has 4 N–H and O–H groups in total. The SMILES string of the molecule is O=C(Nc1ccc(C(=O)NC(CO)C(=O)O)cc1F)OCC1c2ccccc2-c2ccccc21. The van der Waals surface area contributed by atoms with Crippen molar-refractivity contribution < 1.29 is 33.7 Å². The number of aliphatic hydroxyl groups excluding tert-OH is 1. The fraction of sp³-hybridized carbons (Fsp3) is 0.160. The standard InChI is InChI=1S/C25H21FN2O6/c26-20-11-14(23(30)27-22(12-29)24(31)32)9-10-21(20)28-25(33)34-13-19-17-7-3-1-5-15(17)16-6-2-4-8-18(16)19/h1-11,19,22,29H,12-13H2,(H,27,30)(H,28,33)(H,31,32). The predicted molar refractivity (Wildman–Crippen MR) is 121 cm³/mol. The zero-order valence-corrected chi connectivity index (χ0v) is 17.8. The molecule has 1 atom stereocenters. The third kappa shape index (κ3) is 4.60. The smallest absolute Gasteiger partial charge is 0.411 e. The lowest BCUT2D eigenvalue weighted by Crippen LogP contribution is -2.43. The number of carboxylic acids is 1. The van der Waals surface area contributed by atoms with Gasteiger partial charge in [0.25, 0.3) is 5.91 Å². The molecule has 3 aromatic carbocycles. The minimum absolute atomic E-state index is 0.0553. The first-order valence-corrected chi connectivity index (χ1v) is 10.4. The lowest BCUT2D eigenvalue weighted by molar-refractivity contribution is -0.140. The van der Waals surface area contributed by atoms with Crippen LogP contribution < -0.4 is 10.6 Å². The molecular weight excluding hydrogens is 443 g/mol. The van der Waals surface area contributed by atoms with Crippen LogP contribution in [0, 0.1) is 5.82 Å². The first-order chi connectivity index (χ1) is 16.4. The zero-order valence-electron chi connectivity index (χ0n) is 17.8. The summed E-state index contributed by atoms with van der Waals surface area (Å²) in [5, 5.41) is 22.3. The van der Waals surface area contributed by atoms with E-state index in [9.17, 15) is 18.8 Å². The summed E-state index contributed by atoms with van der Waals surface area (Å²) in [5.41, 5.74) is 3.87. The van der Waals surface area contributed by atoms with E-state index in [0.29, 0.717) is 0 Å². The van der Waals surface area contributed by atoms with Crippen LogP contribution >= 0.6 is 0 Å². The van der Waals surface area contributed by atoms with Crippen molar-refractivity contribution in [1.82, 2.24) is 5.32 Å². The van der Waals surface area contributed by atoms with Crippen LogP contribution in [0.15, 0.2) is 66.7 Å². The number of aliphatic carboxylic acids is 1. The maximum atomic E-state index is 14.5. The molecule has 8 nitrogen and oxygen atoms in total. The Balaban J connectivity index is 1.40. The number of anilines is 1. The summed E-state index contributed by atoms with van der Waals surface area (Å²) in [5.74, 6) is -3.36. The Bertz CT molecular complexity index is 1220. The van der Waals surface area contributed by atoms with Crippen molar-refractivity contribution in [3.63, 3.8) is 0 Å². The number of carboxylic acid groups (broad SMARTS) is 1. The summed E-state index contributed by atoms with van der Waals surface area (Å²) in [6.45, 7) is -0.759. The molecule has 0 heterocycles. The molecule has 34 heavy (non-hydrogen) atoms. The van der Waals surface area contributed by atoms with Crippen molar-refractivity contribution in [3.8, 4) is 11.1 Å². The molecule has 0 radical (unpaired) electrons. The van der Waals surface area contributed by atoms with Crippen molar-refractivity contribution in [2.45, 2.75) is 12.0 Å². The molecular formula is C25H21FN2O6. The van der Waals surface area contributed by atoms with Crippen molar-refractivity contribution in [3.05, 3.63) is 89.2 Å². The third-order valence-electron chi connectivity index (χ3n) is 5.60. The Morgan fingerprint density at radius 2 is 1.59 bits per heavy atom. The van der Waals surface area contributed by atoms with Gasteiger partial charge in [-0.15, -0.1) is 0 Å². The molecule has 2 amide bonds. The zero-order chi connectivity index (χ0) is 24.2. The highest BCUT2D eigenvalue weighted by molar-refractivity contribution is 5.97. The van der Waals surface area contributed by atoms with Gasteiger partial charge in [-0.2, -0.15) is 0 Å². The number of carbonyl (C=O) groups is 3. The number of benzene rings is 3. The summed E-state index contributed by atoms with van der Waals surface area (Å²) in [4.78, 5) is 35.4. The van der Waals surface area contributed by atoms with Crippen LogP contribution in [-0.4, -0.2) is 47.4 Å². The lowest BCUT2D eigenvalue weighted by atomic mass is 9.98. The van der Waals surface area contributed by atoms with Gasteiger partial charge in [0.2, 0.25) is 0 Å². The average Bonchev–Trinajstić information content (AvgIpc) is 3.16. The van der Waals surface area contributed by atoms with E-state index in [4.69, 9.17) is 14.9 Å². The number of carbonyl (C=O) groups excluding carboxylic acids is 2. The lowest BCUT2D eigenvalue weighted by Gasteiger charge is -2.15. The highest BCUT2D eigenvalue weighted by atomic mass is 19.1. The van der Waals surface area contributed by atoms with Gasteiger partial charge >= 0.3 is 12.1 Å². The van der Waals surface area contributed by atoms with Crippen LogP contribution in [0.1, 0.15) is 27.4 Å². The highest BCUT2D eigenvalue weighted by Crippen LogP contribution is 2.44. The van der Waals surface area contributed by atoms with Crippen LogP contribution in [-0.2, 0) is 9.53 Å². The minimum Gasteiger partial charge on any atom is -0.480 e. The van der Waals surface area contributed by atoms with E-state index in [1.54, 1.807) is 0 Å². The van der Waals surface area contributed by atoms with Gasteiger partial charge in [0.1, 0.15) is 12.4 Å². The van der Waals surface area contributed by atoms with E-state index >= 15 is 0 Å². The molecule has 0 fully saturated rings. The van der Waals surface area contributed by atoms with Gasteiger partial charge in [-0.3, -0.25) is 10.1 Å². The normalized spacial score (nSPS) is 12.9. The first kappa shape index (κ1) is 22.9. The van der Waals surface area contributed by atoms with Crippen molar-refractivity contribution in [1.29, 1.82) is 0 Å². The van der Waals surface area contributed by atoms with E-state index < -0.39 is 36.4 Å². The van der Waals surface area contributed by atoms with Crippen LogP contribution in [0.5, 0.6) is 0 Å². The van der Waals surface area contributed by atoms with E-state index in [-0.39, 0.29) is 23.8 Å². The molecule has 1 aliphatic rings. The number of amides is 2. The Morgan fingerprint density at radius 1 is 0.971 bits per heavy atom. The fourth-order valence-corrected chi connectivity index (χ4v) is 3.93. The van der Waals surface area contributed by atoms with E-state index in [1.165, 1.54) is 12.1 Å². The average molecular weight is 464 g/mol. The predicted octanol–water partition coefficient (Wildman–Crippen LogP) is 3.36. The number of halogens is 1. The van der Waals surface area contributed by atoms with Crippen LogP contribution in [0.4, 0.5) is 14.9 Å². The second-order valence-corrected chi connectivity index (χ2v) is 7.69. The molecule has 1 unspecified atom stereocenters. The molecule has 1 aliphatic carbocycles. The monoisotopic (exact) mass is 464 g/mol. The van der Waals surface area contributed by atoms with Gasteiger partial charge in [0.05, 0.1) is 12.3 Å². The largest absolute Gasteiger partial charge is 0.480 e. The van der Waals surface area contributed by atoms with Crippen LogP contribution in [0.2, 0.25) is 0 Å². The molecule has 0 aliphatic heterocycles. The maximum Gasteiger partial charge on any atom is 0.411 e. The molecule has 9 heteroatoms. The van der Waals surface area contributed by atoms with E-state index in [0.717, 1.165) is 28.3 Å². The van der Waals surface area contributed by atoms with E-state index in [1.807, 2.05) is 48.5 Å².